The lowest BCUT2D eigenvalue weighted by atomic mass is 9.92. The van der Waals surface area contributed by atoms with Crippen LogP contribution in [0.3, 0.4) is 0 Å². The standard InChI is InChI=1S/C11H18N2O3S2/c1-7-9(17-10(14)12-7)18(15,16)13-8-4-5-11(2,3)6-8/h8,13H,4-6H2,1-3H3,(H,12,14). The Morgan fingerprint density at radius 3 is 2.56 bits per heavy atom. The number of hydrogen-bond donors (Lipinski definition) is 2. The van der Waals surface area contributed by atoms with Crippen LogP contribution in [0.15, 0.2) is 9.00 Å². The van der Waals surface area contributed by atoms with Crippen molar-refractivity contribution in [2.45, 2.75) is 50.3 Å². The summed E-state index contributed by atoms with van der Waals surface area (Å²) in [6, 6.07) is -0.0263. The quantitative estimate of drug-likeness (QED) is 0.887. The largest absolute Gasteiger partial charge is 0.315 e. The van der Waals surface area contributed by atoms with Gasteiger partial charge in [0.15, 0.2) is 4.21 Å². The van der Waals surface area contributed by atoms with Gasteiger partial charge >= 0.3 is 4.87 Å². The number of thiazole rings is 1. The van der Waals surface area contributed by atoms with E-state index in [2.05, 4.69) is 23.6 Å². The summed E-state index contributed by atoms with van der Waals surface area (Å²) in [4.78, 5) is 13.3. The maximum Gasteiger partial charge on any atom is 0.305 e. The second kappa shape index (κ2) is 4.47. The van der Waals surface area contributed by atoms with Gasteiger partial charge in [-0.2, -0.15) is 0 Å². The fraction of sp³-hybridized carbons (Fsp3) is 0.727. The average molecular weight is 290 g/mol. The van der Waals surface area contributed by atoms with Crippen LogP contribution >= 0.6 is 11.3 Å². The summed E-state index contributed by atoms with van der Waals surface area (Å²) >= 11 is 0.743. The number of H-pyrrole nitrogens is 1. The van der Waals surface area contributed by atoms with Gasteiger partial charge in [-0.1, -0.05) is 25.2 Å². The van der Waals surface area contributed by atoms with Crippen molar-refractivity contribution in [3.8, 4) is 0 Å². The number of aryl methyl sites for hydroxylation is 1. The second-order valence-electron chi connectivity index (χ2n) is 5.65. The topological polar surface area (TPSA) is 79.0 Å². The highest BCUT2D eigenvalue weighted by Gasteiger charge is 2.34. The molecule has 0 amide bonds. The molecular weight excluding hydrogens is 272 g/mol. The van der Waals surface area contributed by atoms with E-state index < -0.39 is 10.0 Å². The Morgan fingerprint density at radius 2 is 2.11 bits per heavy atom. The molecule has 1 fully saturated rings. The molecule has 1 aromatic heterocycles. The molecular formula is C11H18N2O3S2. The normalized spacial score (nSPS) is 23.4. The van der Waals surface area contributed by atoms with Gasteiger partial charge in [-0.15, -0.1) is 0 Å². The Hall–Kier alpha value is -0.660. The molecule has 1 unspecified atom stereocenters. The highest BCUT2D eigenvalue weighted by atomic mass is 32.2. The molecule has 2 N–H and O–H groups in total. The minimum atomic E-state index is -3.57. The molecule has 1 aromatic rings. The number of nitrogens with one attached hydrogen (secondary N) is 2. The van der Waals surface area contributed by atoms with Crippen LogP contribution in [-0.2, 0) is 10.0 Å². The van der Waals surface area contributed by atoms with Crippen LogP contribution in [-0.4, -0.2) is 19.4 Å². The first-order chi connectivity index (χ1) is 8.20. The lowest BCUT2D eigenvalue weighted by molar-refractivity contribution is 0.372. The van der Waals surface area contributed by atoms with E-state index >= 15 is 0 Å². The predicted molar refractivity (Wildman–Crippen MR) is 71.4 cm³/mol. The molecule has 0 aromatic carbocycles. The number of aromatic amines is 1. The number of hydrogen-bond acceptors (Lipinski definition) is 4. The van der Waals surface area contributed by atoms with Gasteiger partial charge in [-0.05, 0) is 31.6 Å². The molecule has 102 valence electrons. The zero-order valence-corrected chi connectivity index (χ0v) is 12.4. The Kier molecular flexibility index (Phi) is 3.42. The van der Waals surface area contributed by atoms with Gasteiger partial charge in [-0.3, -0.25) is 4.79 Å². The first-order valence-corrected chi connectivity index (χ1v) is 8.22. The van der Waals surface area contributed by atoms with Crippen LogP contribution in [0.5, 0.6) is 0 Å². The van der Waals surface area contributed by atoms with Crippen LogP contribution in [0.2, 0.25) is 0 Å². The third-order valence-corrected chi connectivity index (χ3v) is 6.44. The second-order valence-corrected chi connectivity index (χ2v) is 8.54. The van der Waals surface area contributed by atoms with Crippen molar-refractivity contribution < 1.29 is 8.42 Å². The molecule has 0 aliphatic heterocycles. The SMILES string of the molecule is Cc1[nH]c(=O)sc1S(=O)(=O)NC1CCC(C)(C)C1. The van der Waals surface area contributed by atoms with Crippen LogP contribution < -0.4 is 9.60 Å². The summed E-state index contributed by atoms with van der Waals surface area (Å²) in [7, 11) is -3.57. The molecule has 1 aliphatic rings. The van der Waals surface area contributed by atoms with Crippen LogP contribution in [0.1, 0.15) is 38.8 Å². The summed E-state index contributed by atoms with van der Waals surface area (Å²) in [6.45, 7) is 5.88. The Labute approximate surface area is 111 Å². The van der Waals surface area contributed by atoms with Gasteiger partial charge in [0.1, 0.15) is 0 Å². The molecule has 1 saturated carbocycles. The Morgan fingerprint density at radius 1 is 1.44 bits per heavy atom. The zero-order valence-electron chi connectivity index (χ0n) is 10.7. The first kappa shape index (κ1) is 13.8. The number of rotatable bonds is 3. The maximum absolute atomic E-state index is 12.2. The van der Waals surface area contributed by atoms with E-state index in [0.29, 0.717) is 5.69 Å². The minimum absolute atomic E-state index is 0.0263. The van der Waals surface area contributed by atoms with Gasteiger partial charge in [-0.25, -0.2) is 13.1 Å². The molecule has 18 heavy (non-hydrogen) atoms. The summed E-state index contributed by atoms with van der Waals surface area (Å²) in [5, 5.41) is 0. The van der Waals surface area contributed by atoms with Crippen molar-refractivity contribution in [1.29, 1.82) is 0 Å². The van der Waals surface area contributed by atoms with Crippen LogP contribution in [0.4, 0.5) is 0 Å². The summed E-state index contributed by atoms with van der Waals surface area (Å²) < 4.78 is 27.2. The van der Waals surface area contributed by atoms with Crippen molar-refractivity contribution >= 4 is 21.4 Å². The lowest BCUT2D eigenvalue weighted by Gasteiger charge is -2.17. The molecule has 0 saturated heterocycles. The molecule has 2 rings (SSSR count). The Balaban J connectivity index is 2.19. The maximum atomic E-state index is 12.2. The van der Waals surface area contributed by atoms with E-state index in [-0.39, 0.29) is 20.5 Å². The highest BCUT2D eigenvalue weighted by molar-refractivity contribution is 7.91. The predicted octanol–water partition coefficient (Wildman–Crippen LogP) is 1.60. The van der Waals surface area contributed by atoms with E-state index in [9.17, 15) is 13.2 Å². The minimum Gasteiger partial charge on any atom is -0.315 e. The number of sulfonamides is 1. The van der Waals surface area contributed by atoms with Crippen molar-refractivity contribution in [3.05, 3.63) is 15.4 Å². The summed E-state index contributed by atoms with van der Waals surface area (Å²) in [5.41, 5.74) is 0.600. The molecule has 0 bridgehead atoms. The van der Waals surface area contributed by atoms with Crippen molar-refractivity contribution in [3.63, 3.8) is 0 Å². The van der Waals surface area contributed by atoms with Gasteiger partial charge in [0.2, 0.25) is 0 Å². The smallest absolute Gasteiger partial charge is 0.305 e. The molecule has 0 spiro atoms. The fourth-order valence-corrected chi connectivity index (χ4v) is 5.04. The Bertz CT molecular complexity index is 598. The van der Waals surface area contributed by atoms with Gasteiger partial charge in [0.25, 0.3) is 10.0 Å². The van der Waals surface area contributed by atoms with E-state index in [4.69, 9.17) is 0 Å². The molecule has 1 atom stereocenters. The van der Waals surface area contributed by atoms with Crippen LogP contribution in [0.25, 0.3) is 0 Å². The van der Waals surface area contributed by atoms with Gasteiger partial charge in [0, 0.05) is 11.7 Å². The molecule has 1 heterocycles. The van der Waals surface area contributed by atoms with Crippen molar-refractivity contribution in [1.82, 2.24) is 9.71 Å². The number of aromatic nitrogens is 1. The summed E-state index contributed by atoms with van der Waals surface area (Å²) in [6.07, 6.45) is 2.71. The average Bonchev–Trinajstić information content (AvgIpc) is 2.69. The molecule has 5 nitrogen and oxygen atoms in total. The van der Waals surface area contributed by atoms with Gasteiger partial charge in [0.05, 0.1) is 0 Å². The third kappa shape index (κ3) is 2.84. The zero-order chi connectivity index (χ0) is 13.6. The molecule has 7 heteroatoms. The fourth-order valence-electron chi connectivity index (χ4n) is 2.46. The van der Waals surface area contributed by atoms with E-state index in [1.54, 1.807) is 6.92 Å². The first-order valence-electron chi connectivity index (χ1n) is 5.92. The van der Waals surface area contributed by atoms with Crippen LogP contribution in [0, 0.1) is 12.3 Å². The lowest BCUT2D eigenvalue weighted by Crippen LogP contribution is -2.33. The molecule has 1 aliphatic carbocycles. The van der Waals surface area contributed by atoms with Gasteiger partial charge < -0.3 is 4.98 Å². The van der Waals surface area contributed by atoms with Crippen molar-refractivity contribution in [2.24, 2.45) is 5.41 Å². The third-order valence-electron chi connectivity index (χ3n) is 3.32. The highest BCUT2D eigenvalue weighted by Crippen LogP contribution is 2.37. The van der Waals surface area contributed by atoms with Crippen molar-refractivity contribution in [2.75, 3.05) is 0 Å². The van der Waals surface area contributed by atoms with E-state index in [1.165, 1.54) is 0 Å². The van der Waals surface area contributed by atoms with E-state index in [1.807, 2.05) is 0 Å². The summed E-state index contributed by atoms with van der Waals surface area (Å²) in [5.74, 6) is 0. The monoisotopic (exact) mass is 290 g/mol. The molecule has 0 radical (unpaired) electrons. The van der Waals surface area contributed by atoms with E-state index in [0.717, 1.165) is 30.6 Å².